The minimum atomic E-state index is -0.165. The number of hydrogen-bond donors (Lipinski definition) is 0. The zero-order valence-electron chi connectivity index (χ0n) is 6.65. The molecule has 0 saturated carbocycles. The summed E-state index contributed by atoms with van der Waals surface area (Å²) in [5, 5.41) is 0. The summed E-state index contributed by atoms with van der Waals surface area (Å²) >= 11 is 1.72. The highest BCUT2D eigenvalue weighted by atomic mass is 32.2. The molecule has 0 aliphatic rings. The third kappa shape index (κ3) is 1.86. The minimum Gasteiger partial charge on any atom is -0.273 e. The van der Waals surface area contributed by atoms with Gasteiger partial charge in [-0.3, -0.25) is 4.68 Å². The second-order valence-corrected chi connectivity index (χ2v) is 3.20. The van der Waals surface area contributed by atoms with E-state index in [9.17, 15) is 4.79 Å². The minimum absolute atomic E-state index is 0.165. The van der Waals surface area contributed by atoms with Crippen molar-refractivity contribution in [2.75, 3.05) is 12.0 Å². The third-order valence-electron chi connectivity index (χ3n) is 1.44. The number of thioether (sulfide) groups is 1. The Bertz CT molecular complexity index is 278. The number of aryl methyl sites for hydroxylation is 1. The van der Waals surface area contributed by atoms with Crippen LogP contribution in [0.5, 0.6) is 0 Å². The molecule has 0 spiro atoms. The Labute approximate surface area is 69.2 Å². The van der Waals surface area contributed by atoms with E-state index in [1.54, 1.807) is 21.1 Å². The van der Waals surface area contributed by atoms with Crippen LogP contribution in [-0.2, 0) is 13.6 Å². The standard InChI is InChI=1S/C6H11N3OS/c1-8-5-7-6(10)9(8)3-4-11-2/h5H,3-4H2,1-2H3. The molecule has 0 amide bonds. The molecule has 0 atom stereocenters. The average Bonchev–Trinajstić information content (AvgIpc) is 2.29. The van der Waals surface area contributed by atoms with Crippen molar-refractivity contribution in [2.45, 2.75) is 6.54 Å². The van der Waals surface area contributed by atoms with Gasteiger partial charge in [-0.2, -0.15) is 16.7 Å². The summed E-state index contributed by atoms with van der Waals surface area (Å²) in [6.07, 6.45) is 3.55. The molecular weight excluding hydrogens is 162 g/mol. The highest BCUT2D eigenvalue weighted by molar-refractivity contribution is 7.98. The molecule has 0 aliphatic heterocycles. The van der Waals surface area contributed by atoms with Crippen molar-refractivity contribution in [3.05, 3.63) is 16.8 Å². The fraction of sp³-hybridized carbons (Fsp3) is 0.667. The van der Waals surface area contributed by atoms with Gasteiger partial charge in [-0.25, -0.2) is 9.48 Å². The molecule has 1 heterocycles. The Morgan fingerprint density at radius 1 is 1.73 bits per heavy atom. The molecule has 0 N–H and O–H groups in total. The van der Waals surface area contributed by atoms with Gasteiger partial charge in [-0.1, -0.05) is 0 Å². The number of nitrogens with zero attached hydrogens (tertiary/aromatic N) is 3. The van der Waals surface area contributed by atoms with Crippen molar-refractivity contribution < 1.29 is 0 Å². The molecule has 1 rings (SSSR count). The normalized spacial score (nSPS) is 10.4. The lowest BCUT2D eigenvalue weighted by atomic mass is 10.7. The zero-order chi connectivity index (χ0) is 8.27. The van der Waals surface area contributed by atoms with Crippen LogP contribution in [0.15, 0.2) is 11.1 Å². The molecule has 1 aromatic heterocycles. The fourth-order valence-corrected chi connectivity index (χ4v) is 1.18. The van der Waals surface area contributed by atoms with Crippen LogP contribution in [0.1, 0.15) is 0 Å². The fourth-order valence-electron chi connectivity index (χ4n) is 0.828. The molecule has 0 aromatic carbocycles. The lowest BCUT2D eigenvalue weighted by molar-refractivity contribution is 0.523. The molecule has 0 fully saturated rings. The first-order valence-electron chi connectivity index (χ1n) is 3.33. The van der Waals surface area contributed by atoms with E-state index in [1.165, 1.54) is 6.33 Å². The molecule has 0 radical (unpaired) electrons. The van der Waals surface area contributed by atoms with E-state index in [4.69, 9.17) is 0 Å². The Morgan fingerprint density at radius 3 is 2.91 bits per heavy atom. The Morgan fingerprint density at radius 2 is 2.45 bits per heavy atom. The van der Waals surface area contributed by atoms with Crippen LogP contribution in [0, 0.1) is 0 Å². The van der Waals surface area contributed by atoms with Crippen molar-refractivity contribution in [1.82, 2.24) is 14.3 Å². The first-order chi connectivity index (χ1) is 5.25. The first-order valence-corrected chi connectivity index (χ1v) is 4.72. The van der Waals surface area contributed by atoms with Crippen molar-refractivity contribution in [1.29, 1.82) is 0 Å². The summed E-state index contributed by atoms with van der Waals surface area (Å²) < 4.78 is 3.31. The van der Waals surface area contributed by atoms with Gasteiger partial charge in [0.25, 0.3) is 0 Å². The topological polar surface area (TPSA) is 39.8 Å². The van der Waals surface area contributed by atoms with Gasteiger partial charge in [-0.15, -0.1) is 0 Å². The highest BCUT2D eigenvalue weighted by Crippen LogP contribution is 1.91. The third-order valence-corrected chi connectivity index (χ3v) is 2.03. The lowest BCUT2D eigenvalue weighted by Gasteiger charge is -2.02. The molecule has 62 valence electrons. The summed E-state index contributed by atoms with van der Waals surface area (Å²) in [6.45, 7) is 0.733. The first kappa shape index (κ1) is 8.39. The van der Waals surface area contributed by atoms with E-state index in [1.807, 2.05) is 13.3 Å². The summed E-state index contributed by atoms with van der Waals surface area (Å²) in [5.41, 5.74) is -0.165. The second kappa shape index (κ2) is 3.61. The molecule has 0 saturated heterocycles. The smallest absolute Gasteiger partial charge is 0.273 e. The van der Waals surface area contributed by atoms with Crippen LogP contribution >= 0.6 is 11.8 Å². The molecule has 0 bridgehead atoms. The van der Waals surface area contributed by atoms with E-state index in [0.717, 1.165) is 12.3 Å². The van der Waals surface area contributed by atoms with Crippen LogP contribution in [-0.4, -0.2) is 26.4 Å². The summed E-state index contributed by atoms with van der Waals surface area (Å²) in [6, 6.07) is 0. The maximum absolute atomic E-state index is 11.0. The van der Waals surface area contributed by atoms with Gasteiger partial charge >= 0.3 is 5.69 Å². The maximum Gasteiger partial charge on any atom is 0.363 e. The molecule has 5 heteroatoms. The monoisotopic (exact) mass is 173 g/mol. The molecule has 0 unspecified atom stereocenters. The quantitative estimate of drug-likeness (QED) is 0.643. The molecule has 11 heavy (non-hydrogen) atoms. The molecule has 4 nitrogen and oxygen atoms in total. The predicted octanol–water partition coefficient (Wildman–Crippen LogP) is -0.0552. The Balaban J connectivity index is 2.75. The van der Waals surface area contributed by atoms with Crippen LogP contribution in [0.25, 0.3) is 0 Å². The van der Waals surface area contributed by atoms with Crippen LogP contribution in [0.2, 0.25) is 0 Å². The van der Waals surface area contributed by atoms with Gasteiger partial charge in [-0.05, 0) is 6.26 Å². The predicted molar refractivity (Wildman–Crippen MR) is 45.9 cm³/mol. The van der Waals surface area contributed by atoms with Crippen LogP contribution < -0.4 is 5.69 Å². The van der Waals surface area contributed by atoms with E-state index in [2.05, 4.69) is 4.98 Å². The number of rotatable bonds is 3. The van der Waals surface area contributed by atoms with E-state index >= 15 is 0 Å². The number of hydrogen-bond acceptors (Lipinski definition) is 3. The molecule has 1 aromatic rings. The zero-order valence-corrected chi connectivity index (χ0v) is 7.47. The van der Waals surface area contributed by atoms with Crippen molar-refractivity contribution in [2.24, 2.45) is 7.05 Å². The molecular formula is C6H11N3OS. The van der Waals surface area contributed by atoms with Crippen LogP contribution in [0.4, 0.5) is 0 Å². The van der Waals surface area contributed by atoms with Crippen molar-refractivity contribution in [3.63, 3.8) is 0 Å². The Kier molecular flexibility index (Phi) is 2.76. The average molecular weight is 173 g/mol. The van der Waals surface area contributed by atoms with Crippen molar-refractivity contribution >= 4 is 11.8 Å². The van der Waals surface area contributed by atoms with Gasteiger partial charge in [0.15, 0.2) is 0 Å². The summed E-state index contributed by atoms with van der Waals surface area (Å²) in [5.74, 6) is 0.944. The van der Waals surface area contributed by atoms with Gasteiger partial charge in [0, 0.05) is 12.8 Å². The summed E-state index contributed by atoms with van der Waals surface area (Å²) in [7, 11) is 1.81. The van der Waals surface area contributed by atoms with Crippen LogP contribution in [0.3, 0.4) is 0 Å². The van der Waals surface area contributed by atoms with E-state index in [-0.39, 0.29) is 5.69 Å². The highest BCUT2D eigenvalue weighted by Gasteiger charge is 1.98. The molecule has 0 aliphatic carbocycles. The van der Waals surface area contributed by atoms with Gasteiger partial charge in [0.05, 0.1) is 6.54 Å². The number of aromatic nitrogens is 3. The van der Waals surface area contributed by atoms with E-state index < -0.39 is 0 Å². The van der Waals surface area contributed by atoms with Gasteiger partial charge < -0.3 is 0 Å². The van der Waals surface area contributed by atoms with E-state index in [0.29, 0.717) is 0 Å². The second-order valence-electron chi connectivity index (χ2n) is 2.22. The lowest BCUT2D eigenvalue weighted by Crippen LogP contribution is -2.23. The maximum atomic E-state index is 11.0. The largest absolute Gasteiger partial charge is 0.363 e. The van der Waals surface area contributed by atoms with Gasteiger partial charge in [0.1, 0.15) is 6.33 Å². The van der Waals surface area contributed by atoms with Crippen molar-refractivity contribution in [3.8, 4) is 0 Å². The van der Waals surface area contributed by atoms with Gasteiger partial charge in [0.2, 0.25) is 0 Å². The SMILES string of the molecule is CSCCn1c(=O)ncn1C. The summed E-state index contributed by atoms with van der Waals surface area (Å²) in [4.78, 5) is 14.6. The Hall–Kier alpha value is -0.710.